The third kappa shape index (κ3) is 2.18. The first-order valence-electron chi connectivity index (χ1n) is 5.85. The molecule has 2 amide bonds. The van der Waals surface area contributed by atoms with Crippen molar-refractivity contribution in [1.82, 2.24) is 5.32 Å². The van der Waals surface area contributed by atoms with Gasteiger partial charge in [-0.2, -0.15) is 0 Å². The van der Waals surface area contributed by atoms with Gasteiger partial charge in [0.1, 0.15) is 11.6 Å². The van der Waals surface area contributed by atoms with Crippen molar-refractivity contribution in [3.8, 4) is 0 Å². The van der Waals surface area contributed by atoms with Gasteiger partial charge in [0.2, 0.25) is 5.91 Å². The van der Waals surface area contributed by atoms with Crippen molar-refractivity contribution >= 4 is 17.5 Å². The van der Waals surface area contributed by atoms with Gasteiger partial charge >= 0.3 is 0 Å². The number of nitrogens with zero attached hydrogens (tertiary/aromatic N) is 1. The van der Waals surface area contributed by atoms with Crippen LogP contribution in [0.5, 0.6) is 0 Å². The van der Waals surface area contributed by atoms with Gasteiger partial charge in [0, 0.05) is 11.8 Å². The summed E-state index contributed by atoms with van der Waals surface area (Å²) in [7, 11) is 0. The smallest absolute Gasteiger partial charge is 0.252 e. The summed E-state index contributed by atoms with van der Waals surface area (Å²) in [6.45, 7) is 4.65. The van der Waals surface area contributed by atoms with Gasteiger partial charge in [-0.3, -0.25) is 14.5 Å². The predicted octanol–water partition coefficient (Wildman–Crippen LogP) is 1.59. The molecule has 0 bridgehead atoms. The molecule has 102 valence electrons. The third-order valence-corrected chi connectivity index (χ3v) is 3.14. The Morgan fingerprint density at radius 2 is 1.84 bits per heavy atom. The van der Waals surface area contributed by atoms with Gasteiger partial charge in [0.05, 0.1) is 0 Å². The Kier molecular flexibility index (Phi) is 3.04. The molecule has 6 heteroatoms. The highest BCUT2D eigenvalue weighted by Gasteiger charge is 2.44. The van der Waals surface area contributed by atoms with Crippen molar-refractivity contribution in [2.75, 3.05) is 4.90 Å². The second-order valence-electron chi connectivity index (χ2n) is 5.06. The van der Waals surface area contributed by atoms with Gasteiger partial charge in [-0.15, -0.1) is 0 Å². The number of amides is 2. The number of carbonyl (C=O) groups excluding carboxylic acids is 2. The molecule has 0 saturated carbocycles. The average Bonchev–Trinajstić information content (AvgIpc) is 2.31. The fraction of sp³-hybridized carbons (Fsp3) is 0.385. The summed E-state index contributed by atoms with van der Waals surface area (Å²) >= 11 is 0. The van der Waals surface area contributed by atoms with E-state index in [-0.39, 0.29) is 17.5 Å². The van der Waals surface area contributed by atoms with Gasteiger partial charge in [0.15, 0.2) is 11.6 Å². The number of piperazine rings is 1. The zero-order valence-electron chi connectivity index (χ0n) is 10.8. The lowest BCUT2D eigenvalue weighted by molar-refractivity contribution is -0.136. The van der Waals surface area contributed by atoms with Crippen LogP contribution in [0.2, 0.25) is 0 Å². The fourth-order valence-electron chi connectivity index (χ4n) is 2.04. The molecule has 1 atom stereocenters. The van der Waals surface area contributed by atoms with E-state index in [0.717, 1.165) is 12.1 Å². The van der Waals surface area contributed by atoms with E-state index in [1.165, 1.54) is 17.9 Å². The molecule has 19 heavy (non-hydrogen) atoms. The highest BCUT2D eigenvalue weighted by Crippen LogP contribution is 2.26. The lowest BCUT2D eigenvalue weighted by Gasteiger charge is -2.41. The van der Waals surface area contributed by atoms with Gasteiger partial charge in [-0.05, 0) is 32.9 Å². The average molecular weight is 268 g/mol. The fourth-order valence-corrected chi connectivity index (χ4v) is 2.04. The monoisotopic (exact) mass is 268 g/mol. The van der Waals surface area contributed by atoms with Crippen LogP contribution in [0.15, 0.2) is 18.2 Å². The SMILES string of the molecule is CC1C(=O)NC(C)(C)C(=O)N1c1ccc(F)c(F)c1. The van der Waals surface area contributed by atoms with Crippen molar-refractivity contribution in [2.24, 2.45) is 0 Å². The van der Waals surface area contributed by atoms with Crippen LogP contribution in [0.1, 0.15) is 20.8 Å². The van der Waals surface area contributed by atoms with Gasteiger partial charge in [-0.1, -0.05) is 0 Å². The van der Waals surface area contributed by atoms with Crippen LogP contribution in [0.4, 0.5) is 14.5 Å². The third-order valence-electron chi connectivity index (χ3n) is 3.14. The Balaban J connectivity index is 2.48. The van der Waals surface area contributed by atoms with Crippen molar-refractivity contribution in [3.63, 3.8) is 0 Å². The van der Waals surface area contributed by atoms with E-state index in [2.05, 4.69) is 5.32 Å². The van der Waals surface area contributed by atoms with E-state index in [1.807, 2.05) is 0 Å². The molecule has 1 aromatic rings. The van der Waals surface area contributed by atoms with Crippen molar-refractivity contribution in [2.45, 2.75) is 32.4 Å². The van der Waals surface area contributed by atoms with Gasteiger partial charge < -0.3 is 5.32 Å². The maximum atomic E-state index is 13.3. The van der Waals surface area contributed by atoms with E-state index in [9.17, 15) is 18.4 Å². The van der Waals surface area contributed by atoms with Crippen LogP contribution in [0, 0.1) is 11.6 Å². The van der Waals surface area contributed by atoms with Crippen LogP contribution < -0.4 is 10.2 Å². The number of halogens is 2. The number of benzene rings is 1. The molecule has 1 aromatic carbocycles. The highest BCUT2D eigenvalue weighted by atomic mass is 19.2. The zero-order valence-corrected chi connectivity index (χ0v) is 10.8. The summed E-state index contributed by atoms with van der Waals surface area (Å²) in [5.74, 6) is -2.76. The zero-order chi connectivity index (χ0) is 14.4. The standard InChI is InChI=1S/C13H14F2N2O2/c1-7-11(18)16-13(2,3)12(19)17(7)8-4-5-9(14)10(15)6-8/h4-7H,1-3H3,(H,16,18). The minimum atomic E-state index is -1.07. The number of carbonyl (C=O) groups is 2. The highest BCUT2D eigenvalue weighted by molar-refractivity contribution is 6.10. The molecule has 4 nitrogen and oxygen atoms in total. The lowest BCUT2D eigenvalue weighted by Crippen LogP contribution is -2.67. The predicted molar refractivity (Wildman–Crippen MR) is 65.5 cm³/mol. The molecular formula is C13H14F2N2O2. The number of rotatable bonds is 1. The summed E-state index contributed by atoms with van der Waals surface area (Å²) in [5, 5.41) is 2.58. The summed E-state index contributed by atoms with van der Waals surface area (Å²) in [5.41, 5.74) is -0.909. The Bertz CT molecular complexity index is 558. The maximum Gasteiger partial charge on any atom is 0.252 e. The van der Waals surface area contributed by atoms with Crippen molar-refractivity contribution in [3.05, 3.63) is 29.8 Å². The van der Waals surface area contributed by atoms with Crippen molar-refractivity contribution in [1.29, 1.82) is 0 Å². The second kappa shape index (κ2) is 4.29. The molecule has 1 aliphatic rings. The molecule has 0 spiro atoms. The molecule has 1 saturated heterocycles. The first-order valence-corrected chi connectivity index (χ1v) is 5.85. The molecule has 0 aliphatic carbocycles. The van der Waals surface area contributed by atoms with E-state index in [4.69, 9.17) is 0 Å². The first-order chi connectivity index (χ1) is 8.74. The molecular weight excluding hydrogens is 254 g/mol. The molecule has 2 rings (SSSR count). The largest absolute Gasteiger partial charge is 0.340 e. The number of anilines is 1. The Hall–Kier alpha value is -1.98. The normalized spacial score (nSPS) is 22.4. The molecule has 1 N–H and O–H groups in total. The van der Waals surface area contributed by atoms with E-state index in [0.29, 0.717) is 0 Å². The second-order valence-corrected chi connectivity index (χ2v) is 5.06. The number of nitrogens with one attached hydrogen (secondary N) is 1. The summed E-state index contributed by atoms with van der Waals surface area (Å²) in [4.78, 5) is 25.3. The minimum absolute atomic E-state index is 0.166. The molecule has 0 aromatic heterocycles. The molecule has 0 radical (unpaired) electrons. The van der Waals surface area contributed by atoms with Crippen LogP contribution in [-0.2, 0) is 9.59 Å². The topological polar surface area (TPSA) is 49.4 Å². The summed E-state index contributed by atoms with van der Waals surface area (Å²) in [6, 6.07) is 2.36. The Morgan fingerprint density at radius 1 is 1.21 bits per heavy atom. The molecule has 1 fully saturated rings. The van der Waals surface area contributed by atoms with Crippen LogP contribution in [-0.4, -0.2) is 23.4 Å². The van der Waals surface area contributed by atoms with E-state index in [1.54, 1.807) is 13.8 Å². The maximum absolute atomic E-state index is 13.3. The first kappa shape index (κ1) is 13.5. The van der Waals surface area contributed by atoms with Gasteiger partial charge in [0.25, 0.3) is 5.91 Å². The molecule has 1 unspecified atom stereocenters. The van der Waals surface area contributed by atoms with Crippen LogP contribution in [0.3, 0.4) is 0 Å². The Labute approximate surface area is 109 Å². The number of hydrogen-bond donors (Lipinski definition) is 1. The van der Waals surface area contributed by atoms with E-state index >= 15 is 0 Å². The van der Waals surface area contributed by atoms with Crippen LogP contribution in [0.25, 0.3) is 0 Å². The van der Waals surface area contributed by atoms with Gasteiger partial charge in [-0.25, -0.2) is 8.78 Å². The molecule has 1 heterocycles. The van der Waals surface area contributed by atoms with Crippen molar-refractivity contribution < 1.29 is 18.4 Å². The lowest BCUT2D eigenvalue weighted by atomic mass is 9.96. The minimum Gasteiger partial charge on any atom is -0.340 e. The summed E-state index contributed by atoms with van der Waals surface area (Å²) < 4.78 is 26.2. The van der Waals surface area contributed by atoms with Crippen LogP contribution >= 0.6 is 0 Å². The van der Waals surface area contributed by atoms with E-state index < -0.39 is 23.2 Å². The molecule has 1 aliphatic heterocycles. The Morgan fingerprint density at radius 3 is 2.42 bits per heavy atom. The summed E-state index contributed by atoms with van der Waals surface area (Å²) in [6.07, 6.45) is 0. The quantitative estimate of drug-likeness (QED) is 0.841. The number of hydrogen-bond acceptors (Lipinski definition) is 2.